The molecule has 0 saturated heterocycles. The third-order valence-electron chi connectivity index (χ3n) is 3.78. The molecule has 0 aliphatic rings. The van der Waals surface area contributed by atoms with Gasteiger partial charge in [-0.25, -0.2) is 0 Å². The Morgan fingerprint density at radius 2 is 1.96 bits per heavy atom. The third kappa shape index (κ3) is 4.72. The zero-order valence-electron chi connectivity index (χ0n) is 14.6. The van der Waals surface area contributed by atoms with Crippen LogP contribution in [0.25, 0.3) is 11.3 Å². The van der Waals surface area contributed by atoms with Gasteiger partial charge in [0.15, 0.2) is 5.11 Å². The van der Waals surface area contributed by atoms with Crippen molar-refractivity contribution in [3.63, 3.8) is 0 Å². The van der Waals surface area contributed by atoms with Gasteiger partial charge in [0.2, 0.25) is 0 Å². The summed E-state index contributed by atoms with van der Waals surface area (Å²) in [5.74, 6) is 1.38. The van der Waals surface area contributed by atoms with Gasteiger partial charge in [-0.05, 0) is 54.7 Å². The minimum Gasteiger partial charge on any atom is -0.497 e. The van der Waals surface area contributed by atoms with E-state index in [9.17, 15) is 4.79 Å². The highest BCUT2D eigenvalue weighted by Gasteiger charge is 2.10. The molecule has 3 rings (SSSR count). The van der Waals surface area contributed by atoms with Crippen molar-refractivity contribution in [1.29, 1.82) is 0 Å². The molecule has 3 N–H and O–H groups in total. The molecule has 0 bridgehead atoms. The number of aliphatic hydroxyl groups is 1. The molecule has 7 heteroatoms. The third-order valence-corrected chi connectivity index (χ3v) is 3.99. The topological polar surface area (TPSA) is 83.7 Å². The van der Waals surface area contributed by atoms with Gasteiger partial charge in [0.05, 0.1) is 7.11 Å². The van der Waals surface area contributed by atoms with Gasteiger partial charge >= 0.3 is 0 Å². The molecule has 0 aliphatic carbocycles. The quantitative estimate of drug-likeness (QED) is 0.585. The van der Waals surface area contributed by atoms with Crippen molar-refractivity contribution in [3.8, 4) is 17.1 Å². The van der Waals surface area contributed by atoms with Gasteiger partial charge in [0.1, 0.15) is 23.9 Å². The van der Waals surface area contributed by atoms with Crippen LogP contribution in [-0.2, 0) is 6.61 Å². The van der Waals surface area contributed by atoms with Crippen molar-refractivity contribution >= 4 is 28.9 Å². The van der Waals surface area contributed by atoms with Crippen LogP contribution in [0.5, 0.6) is 5.75 Å². The summed E-state index contributed by atoms with van der Waals surface area (Å²) < 4.78 is 10.6. The number of nitrogens with one attached hydrogen (secondary N) is 2. The van der Waals surface area contributed by atoms with Gasteiger partial charge in [0.25, 0.3) is 5.91 Å². The fraction of sp³-hybridized carbons (Fsp3) is 0.100. The van der Waals surface area contributed by atoms with Crippen molar-refractivity contribution in [2.45, 2.75) is 6.61 Å². The summed E-state index contributed by atoms with van der Waals surface area (Å²) in [5.41, 5.74) is 1.96. The average molecular weight is 382 g/mol. The van der Waals surface area contributed by atoms with Crippen molar-refractivity contribution in [1.82, 2.24) is 5.32 Å². The smallest absolute Gasteiger partial charge is 0.257 e. The summed E-state index contributed by atoms with van der Waals surface area (Å²) in [4.78, 5) is 12.3. The van der Waals surface area contributed by atoms with Gasteiger partial charge in [-0.2, -0.15) is 0 Å². The Morgan fingerprint density at radius 1 is 1.15 bits per heavy atom. The first kappa shape index (κ1) is 18.6. The Kier molecular flexibility index (Phi) is 5.85. The number of carbonyl (C=O) groups excluding carboxylic acids is 1. The second-order valence-corrected chi connectivity index (χ2v) is 6.05. The van der Waals surface area contributed by atoms with Crippen LogP contribution < -0.4 is 15.4 Å². The van der Waals surface area contributed by atoms with Crippen LogP contribution in [0.3, 0.4) is 0 Å². The number of furan rings is 1. The zero-order chi connectivity index (χ0) is 19.2. The average Bonchev–Trinajstić information content (AvgIpc) is 3.17. The Morgan fingerprint density at radius 3 is 2.70 bits per heavy atom. The van der Waals surface area contributed by atoms with Crippen LogP contribution in [0, 0.1) is 0 Å². The SMILES string of the molecule is COc1cccc(C(=O)NC(=S)Nc2cccc(-c3ccc(CO)o3)c2)c1. The molecule has 6 nitrogen and oxygen atoms in total. The van der Waals surface area contributed by atoms with E-state index in [1.165, 1.54) is 0 Å². The number of thiocarbonyl (C=S) groups is 1. The Labute approximate surface area is 161 Å². The maximum atomic E-state index is 12.3. The largest absolute Gasteiger partial charge is 0.497 e. The van der Waals surface area contributed by atoms with Crippen molar-refractivity contribution in [2.24, 2.45) is 0 Å². The Balaban J connectivity index is 1.67. The van der Waals surface area contributed by atoms with Crippen molar-refractivity contribution in [3.05, 3.63) is 72.0 Å². The van der Waals surface area contributed by atoms with Crippen LogP contribution in [0.4, 0.5) is 5.69 Å². The van der Waals surface area contributed by atoms with E-state index in [1.807, 2.05) is 24.3 Å². The van der Waals surface area contributed by atoms with E-state index in [4.69, 9.17) is 26.5 Å². The predicted molar refractivity (Wildman–Crippen MR) is 107 cm³/mol. The highest BCUT2D eigenvalue weighted by Crippen LogP contribution is 2.25. The first-order valence-electron chi connectivity index (χ1n) is 8.15. The minimum absolute atomic E-state index is 0.154. The summed E-state index contributed by atoms with van der Waals surface area (Å²) in [6, 6.07) is 17.7. The summed E-state index contributed by atoms with van der Waals surface area (Å²) in [6.45, 7) is -0.154. The van der Waals surface area contributed by atoms with E-state index in [2.05, 4.69) is 10.6 Å². The molecule has 0 unspecified atom stereocenters. The first-order chi connectivity index (χ1) is 13.1. The lowest BCUT2D eigenvalue weighted by atomic mass is 10.1. The molecule has 0 saturated carbocycles. The number of amides is 1. The van der Waals surface area contributed by atoms with Gasteiger partial charge in [0, 0.05) is 16.8 Å². The molecule has 2 aromatic carbocycles. The fourth-order valence-corrected chi connectivity index (χ4v) is 2.68. The van der Waals surface area contributed by atoms with E-state index < -0.39 is 0 Å². The monoisotopic (exact) mass is 382 g/mol. The lowest BCUT2D eigenvalue weighted by Gasteiger charge is -2.11. The van der Waals surface area contributed by atoms with E-state index in [0.717, 1.165) is 5.56 Å². The molecular formula is C20H18N2O4S. The number of rotatable bonds is 5. The van der Waals surface area contributed by atoms with E-state index in [1.54, 1.807) is 43.5 Å². The second kappa shape index (κ2) is 8.48. The van der Waals surface area contributed by atoms with Crippen molar-refractivity contribution < 1.29 is 19.1 Å². The highest BCUT2D eigenvalue weighted by atomic mass is 32.1. The van der Waals surface area contributed by atoms with Crippen molar-refractivity contribution in [2.75, 3.05) is 12.4 Å². The fourth-order valence-electron chi connectivity index (χ4n) is 2.47. The molecule has 0 fully saturated rings. The lowest BCUT2D eigenvalue weighted by Crippen LogP contribution is -2.34. The lowest BCUT2D eigenvalue weighted by molar-refractivity contribution is 0.0977. The predicted octanol–water partition coefficient (Wildman–Crippen LogP) is 3.57. The maximum Gasteiger partial charge on any atom is 0.257 e. The number of hydrogen-bond donors (Lipinski definition) is 3. The van der Waals surface area contributed by atoms with E-state index >= 15 is 0 Å². The van der Waals surface area contributed by atoms with Gasteiger partial charge < -0.3 is 19.6 Å². The Bertz CT molecular complexity index is 968. The number of aliphatic hydroxyl groups excluding tert-OH is 1. The van der Waals surface area contributed by atoms with Crippen LogP contribution in [0.2, 0.25) is 0 Å². The molecule has 0 radical (unpaired) electrons. The van der Waals surface area contributed by atoms with Crippen LogP contribution in [0.15, 0.2) is 65.1 Å². The number of hydrogen-bond acceptors (Lipinski definition) is 5. The number of ether oxygens (including phenoxy) is 1. The summed E-state index contributed by atoms with van der Waals surface area (Å²) in [5, 5.41) is 14.9. The minimum atomic E-state index is -0.332. The molecule has 1 amide bonds. The normalized spacial score (nSPS) is 10.3. The number of carbonyl (C=O) groups is 1. The molecule has 0 spiro atoms. The van der Waals surface area contributed by atoms with E-state index in [-0.39, 0.29) is 17.6 Å². The first-order valence-corrected chi connectivity index (χ1v) is 8.56. The summed E-state index contributed by atoms with van der Waals surface area (Å²) >= 11 is 5.23. The zero-order valence-corrected chi connectivity index (χ0v) is 15.4. The van der Waals surface area contributed by atoms with Gasteiger partial charge in [-0.3, -0.25) is 10.1 Å². The molecule has 27 heavy (non-hydrogen) atoms. The van der Waals surface area contributed by atoms with Crippen LogP contribution in [-0.4, -0.2) is 23.2 Å². The summed E-state index contributed by atoms with van der Waals surface area (Å²) in [6.07, 6.45) is 0. The standard InChI is InChI=1S/C20H18N2O4S/c1-25-16-7-3-5-14(11-16)19(24)22-20(27)21-15-6-2-4-13(10-15)18-9-8-17(12-23)26-18/h2-11,23H,12H2,1H3,(H2,21,22,24,27). The maximum absolute atomic E-state index is 12.3. The highest BCUT2D eigenvalue weighted by molar-refractivity contribution is 7.80. The molecule has 138 valence electrons. The van der Waals surface area contributed by atoms with Crippen LogP contribution >= 0.6 is 12.2 Å². The molecule has 1 heterocycles. The number of anilines is 1. The molecule has 0 atom stereocenters. The van der Waals surface area contributed by atoms with Crippen LogP contribution in [0.1, 0.15) is 16.1 Å². The van der Waals surface area contributed by atoms with Gasteiger partial charge in [-0.15, -0.1) is 0 Å². The molecule has 3 aromatic rings. The van der Waals surface area contributed by atoms with E-state index in [0.29, 0.717) is 28.5 Å². The Hall–Kier alpha value is -3.16. The summed E-state index contributed by atoms with van der Waals surface area (Å²) in [7, 11) is 1.54. The number of methoxy groups -OCH3 is 1. The second-order valence-electron chi connectivity index (χ2n) is 5.65. The molecule has 0 aliphatic heterocycles. The van der Waals surface area contributed by atoms with Gasteiger partial charge in [-0.1, -0.05) is 18.2 Å². The molecule has 1 aromatic heterocycles. The molecular weight excluding hydrogens is 364 g/mol. The number of benzene rings is 2.